The van der Waals surface area contributed by atoms with Gasteiger partial charge in [-0.1, -0.05) is 72.3 Å². The van der Waals surface area contributed by atoms with Crippen LogP contribution in [0.5, 0.6) is 0 Å². The number of H-pyrrole nitrogens is 2. The number of nitriles is 1. The lowest BCUT2D eigenvalue weighted by Gasteiger charge is -2.05. The van der Waals surface area contributed by atoms with Crippen molar-refractivity contribution in [3.05, 3.63) is 107 Å². The number of hydrogen-bond donors (Lipinski definition) is 2. The van der Waals surface area contributed by atoms with Crippen LogP contribution in [0.3, 0.4) is 0 Å². The maximum atomic E-state index is 13.4. The van der Waals surface area contributed by atoms with Crippen molar-refractivity contribution in [1.82, 2.24) is 9.97 Å². The predicted octanol–water partition coefficient (Wildman–Crippen LogP) is 6.59. The van der Waals surface area contributed by atoms with E-state index in [0.717, 1.165) is 22.0 Å². The van der Waals surface area contributed by atoms with Gasteiger partial charge in [-0.15, -0.1) is 0 Å². The van der Waals surface area contributed by atoms with Crippen molar-refractivity contribution in [2.45, 2.75) is 0 Å². The number of aromatic nitrogens is 2. The van der Waals surface area contributed by atoms with Gasteiger partial charge < -0.3 is 9.97 Å². The minimum absolute atomic E-state index is 0.173. The molecule has 0 saturated carbocycles. The van der Waals surface area contributed by atoms with E-state index in [1.807, 2.05) is 60.8 Å². The molecule has 0 bridgehead atoms. The third-order valence-electron chi connectivity index (χ3n) is 5.37. The standard InChI is InChI=1S/C26H16ClN3O/c27-18-12-10-16(11-13-18)23-20(14-28)24(21-15-29-22-9-5-4-8-19(21)22)30-25(23)26(31)17-6-2-1-3-7-17/h1-13,15,29-30H. The summed E-state index contributed by atoms with van der Waals surface area (Å²) in [6.07, 6.45) is 1.86. The summed E-state index contributed by atoms with van der Waals surface area (Å²) in [5.41, 5.74) is 5.10. The highest BCUT2D eigenvalue weighted by atomic mass is 35.5. The molecule has 5 rings (SSSR count). The molecule has 4 nitrogen and oxygen atoms in total. The van der Waals surface area contributed by atoms with Crippen LogP contribution in [0.2, 0.25) is 5.02 Å². The number of halogens is 1. The predicted molar refractivity (Wildman–Crippen MR) is 123 cm³/mol. The fraction of sp³-hybridized carbons (Fsp3) is 0. The van der Waals surface area contributed by atoms with Crippen LogP contribution in [0.1, 0.15) is 21.6 Å². The molecule has 5 heteroatoms. The highest BCUT2D eigenvalue weighted by Crippen LogP contribution is 2.39. The van der Waals surface area contributed by atoms with Crippen molar-refractivity contribution in [3.8, 4) is 28.5 Å². The second-order valence-corrected chi connectivity index (χ2v) is 7.62. The average Bonchev–Trinajstić information content (AvgIpc) is 3.41. The number of carbonyl (C=O) groups is 1. The van der Waals surface area contributed by atoms with Gasteiger partial charge in [-0.05, 0) is 23.8 Å². The summed E-state index contributed by atoms with van der Waals surface area (Å²) in [5.74, 6) is -0.173. The Morgan fingerprint density at radius 3 is 2.35 bits per heavy atom. The van der Waals surface area contributed by atoms with Crippen molar-refractivity contribution >= 4 is 28.3 Å². The first-order chi connectivity index (χ1) is 15.2. The van der Waals surface area contributed by atoms with E-state index in [-0.39, 0.29) is 5.78 Å². The maximum Gasteiger partial charge on any atom is 0.209 e. The van der Waals surface area contributed by atoms with Crippen molar-refractivity contribution < 1.29 is 4.79 Å². The number of fused-ring (bicyclic) bond motifs is 1. The van der Waals surface area contributed by atoms with Gasteiger partial charge in [0.25, 0.3) is 0 Å². The Bertz CT molecular complexity index is 1450. The monoisotopic (exact) mass is 421 g/mol. The molecule has 148 valence electrons. The number of nitrogens with one attached hydrogen (secondary N) is 2. The molecule has 2 heterocycles. The summed E-state index contributed by atoms with van der Waals surface area (Å²) in [6.45, 7) is 0. The molecule has 0 aliphatic rings. The second kappa shape index (κ2) is 7.64. The third-order valence-corrected chi connectivity index (χ3v) is 5.62. The summed E-state index contributed by atoms with van der Waals surface area (Å²) in [6, 6.07) is 26.4. The quantitative estimate of drug-likeness (QED) is 0.321. The Hall–Kier alpha value is -4.07. The van der Waals surface area contributed by atoms with E-state index < -0.39 is 0 Å². The number of carbonyl (C=O) groups excluding carboxylic acids is 1. The molecule has 2 aromatic heterocycles. The molecule has 0 aliphatic heterocycles. The molecule has 0 unspecified atom stereocenters. The topological polar surface area (TPSA) is 72.4 Å². The van der Waals surface area contributed by atoms with Gasteiger partial charge >= 0.3 is 0 Å². The number of nitrogens with zero attached hydrogens (tertiary/aromatic N) is 1. The van der Waals surface area contributed by atoms with Gasteiger partial charge in [0.15, 0.2) is 0 Å². The minimum atomic E-state index is -0.173. The molecule has 0 saturated heterocycles. The molecule has 5 aromatic rings. The average molecular weight is 422 g/mol. The number of para-hydroxylation sites is 1. The fourth-order valence-corrected chi connectivity index (χ4v) is 4.03. The van der Waals surface area contributed by atoms with Gasteiger partial charge in [0.1, 0.15) is 6.07 Å². The van der Waals surface area contributed by atoms with Crippen LogP contribution >= 0.6 is 11.6 Å². The maximum absolute atomic E-state index is 13.4. The number of benzene rings is 3. The molecule has 0 radical (unpaired) electrons. The lowest BCUT2D eigenvalue weighted by Crippen LogP contribution is -2.03. The normalized spacial score (nSPS) is 10.8. The smallest absolute Gasteiger partial charge is 0.209 e. The van der Waals surface area contributed by atoms with E-state index in [2.05, 4.69) is 16.0 Å². The Labute approximate surface area is 183 Å². The van der Waals surface area contributed by atoms with E-state index in [4.69, 9.17) is 11.6 Å². The van der Waals surface area contributed by atoms with Crippen molar-refractivity contribution in [1.29, 1.82) is 5.26 Å². The van der Waals surface area contributed by atoms with Gasteiger partial charge in [0.2, 0.25) is 5.78 Å². The summed E-state index contributed by atoms with van der Waals surface area (Å²) in [4.78, 5) is 20.0. The van der Waals surface area contributed by atoms with Crippen molar-refractivity contribution in [2.24, 2.45) is 0 Å². The molecule has 0 spiro atoms. The first-order valence-corrected chi connectivity index (χ1v) is 10.1. The number of ketones is 1. The van der Waals surface area contributed by atoms with E-state index in [9.17, 15) is 10.1 Å². The lowest BCUT2D eigenvalue weighted by molar-refractivity contribution is 0.103. The van der Waals surface area contributed by atoms with E-state index in [1.165, 1.54) is 0 Å². The van der Waals surface area contributed by atoms with E-state index >= 15 is 0 Å². The van der Waals surface area contributed by atoms with Crippen LogP contribution in [-0.4, -0.2) is 15.8 Å². The molecule has 31 heavy (non-hydrogen) atoms. The molecule has 0 amide bonds. The Kier molecular flexibility index (Phi) is 4.66. The van der Waals surface area contributed by atoms with E-state index in [0.29, 0.717) is 33.1 Å². The highest BCUT2D eigenvalue weighted by molar-refractivity contribution is 6.30. The molecule has 2 N–H and O–H groups in total. The Balaban J connectivity index is 1.80. The minimum Gasteiger partial charge on any atom is -0.360 e. The van der Waals surface area contributed by atoms with Crippen LogP contribution in [0, 0.1) is 11.3 Å². The van der Waals surface area contributed by atoms with Gasteiger partial charge in [-0.25, -0.2) is 0 Å². The zero-order valence-electron chi connectivity index (χ0n) is 16.3. The molecular formula is C26H16ClN3O. The molecule has 0 aliphatic carbocycles. The molecule has 0 fully saturated rings. The second-order valence-electron chi connectivity index (χ2n) is 7.19. The lowest BCUT2D eigenvalue weighted by atomic mass is 9.96. The number of rotatable bonds is 4. The van der Waals surface area contributed by atoms with Crippen LogP contribution in [0.25, 0.3) is 33.3 Å². The zero-order valence-corrected chi connectivity index (χ0v) is 17.1. The van der Waals surface area contributed by atoms with E-state index in [1.54, 1.807) is 24.3 Å². The molecule has 3 aromatic carbocycles. The first kappa shape index (κ1) is 18.9. The van der Waals surface area contributed by atoms with Crippen molar-refractivity contribution in [3.63, 3.8) is 0 Å². The fourth-order valence-electron chi connectivity index (χ4n) is 3.90. The molecule has 0 atom stereocenters. The third kappa shape index (κ3) is 3.22. The summed E-state index contributed by atoms with van der Waals surface area (Å²) < 4.78 is 0. The van der Waals surface area contributed by atoms with Crippen LogP contribution in [0.15, 0.2) is 85.1 Å². The summed E-state index contributed by atoms with van der Waals surface area (Å²) in [7, 11) is 0. The Morgan fingerprint density at radius 2 is 1.61 bits per heavy atom. The van der Waals surface area contributed by atoms with Crippen molar-refractivity contribution in [2.75, 3.05) is 0 Å². The largest absolute Gasteiger partial charge is 0.360 e. The number of aromatic amines is 2. The van der Waals surface area contributed by atoms with Crippen LogP contribution in [-0.2, 0) is 0 Å². The number of hydrogen-bond acceptors (Lipinski definition) is 2. The van der Waals surface area contributed by atoms with Crippen LogP contribution < -0.4 is 0 Å². The van der Waals surface area contributed by atoms with Crippen LogP contribution in [0.4, 0.5) is 0 Å². The first-order valence-electron chi connectivity index (χ1n) is 9.75. The zero-order chi connectivity index (χ0) is 21.4. The molecular weight excluding hydrogens is 406 g/mol. The van der Waals surface area contributed by atoms with Gasteiger partial charge in [0.05, 0.1) is 17.0 Å². The summed E-state index contributed by atoms with van der Waals surface area (Å²) in [5, 5.41) is 11.7. The van der Waals surface area contributed by atoms with Gasteiger partial charge in [-0.3, -0.25) is 4.79 Å². The van der Waals surface area contributed by atoms with Gasteiger partial charge in [-0.2, -0.15) is 5.26 Å². The Morgan fingerprint density at radius 1 is 0.903 bits per heavy atom. The SMILES string of the molecule is N#Cc1c(-c2c[nH]c3ccccc23)[nH]c(C(=O)c2ccccc2)c1-c1ccc(Cl)cc1. The summed E-state index contributed by atoms with van der Waals surface area (Å²) >= 11 is 6.08. The van der Waals surface area contributed by atoms with Gasteiger partial charge in [0, 0.05) is 38.8 Å². The highest BCUT2D eigenvalue weighted by Gasteiger charge is 2.26.